The van der Waals surface area contributed by atoms with E-state index in [2.05, 4.69) is 84.9 Å². The van der Waals surface area contributed by atoms with Gasteiger partial charge in [0.2, 0.25) is 0 Å². The Morgan fingerprint density at radius 2 is 0.956 bits per heavy atom. The van der Waals surface area contributed by atoms with Crippen molar-refractivity contribution in [2.24, 2.45) is 0 Å². The lowest BCUT2D eigenvalue weighted by Gasteiger charge is -2.20. The van der Waals surface area contributed by atoms with Crippen molar-refractivity contribution in [3.8, 4) is 44.5 Å². The van der Waals surface area contributed by atoms with Crippen LogP contribution in [0.4, 0.5) is 0 Å². The Morgan fingerprint density at radius 3 is 1.67 bits per heavy atom. The van der Waals surface area contributed by atoms with Crippen LogP contribution in [0.3, 0.4) is 0 Å². The molecule has 0 spiro atoms. The van der Waals surface area contributed by atoms with Crippen LogP contribution < -0.4 is 0 Å². The van der Waals surface area contributed by atoms with Gasteiger partial charge in [-0.25, -0.2) is 0 Å². The lowest BCUT2D eigenvalue weighted by molar-refractivity contribution is 0.669. The molecule has 0 aliphatic rings. The van der Waals surface area contributed by atoms with Gasteiger partial charge in [-0.15, -0.1) is 0 Å². The molecule has 1 nitrogen and oxygen atoms in total. The number of hydrogen-bond donors (Lipinski definition) is 0. The van der Waals surface area contributed by atoms with Crippen LogP contribution in [0.5, 0.6) is 0 Å². The Balaban J connectivity index is 1.45. The summed E-state index contributed by atoms with van der Waals surface area (Å²) in [6, 6.07) is 45.6. The number of furan rings is 1. The van der Waals surface area contributed by atoms with Crippen LogP contribution in [0, 0.1) is 0 Å². The largest absolute Gasteiger partial charge is 0.456 e. The molecule has 0 radical (unpaired) electrons. The number of fused-ring (bicyclic) bond motifs is 5. The molecule has 210 valence electrons. The normalized spacial score (nSPS) is 13.1. The number of benzene rings is 8. The molecule has 9 aromatic rings. The van der Waals surface area contributed by atoms with E-state index >= 15 is 0 Å². The molecule has 1 heteroatoms. The van der Waals surface area contributed by atoms with Gasteiger partial charge in [-0.1, -0.05) is 145 Å². The van der Waals surface area contributed by atoms with E-state index in [4.69, 9.17) is 11.3 Å². The Morgan fingerprint density at radius 1 is 0.378 bits per heavy atom. The second-order valence-electron chi connectivity index (χ2n) is 11.2. The van der Waals surface area contributed by atoms with E-state index in [1.165, 1.54) is 0 Å². The molecule has 0 atom stereocenters. The van der Waals surface area contributed by atoms with E-state index in [1.807, 2.05) is 54.6 Å². The van der Waals surface area contributed by atoms with Gasteiger partial charge in [0.05, 0.1) is 6.85 Å². The Bertz CT molecular complexity index is 2730. The lowest BCUT2D eigenvalue weighted by Crippen LogP contribution is -1.93. The zero-order chi connectivity index (χ0) is 34.1. The van der Waals surface area contributed by atoms with E-state index in [9.17, 15) is 0 Å². The maximum atomic E-state index is 9.13. The third kappa shape index (κ3) is 4.09. The predicted molar refractivity (Wildman–Crippen MR) is 190 cm³/mol. The zero-order valence-corrected chi connectivity index (χ0v) is 24.2. The minimum absolute atomic E-state index is 0.149. The summed E-state index contributed by atoms with van der Waals surface area (Å²) in [4.78, 5) is 0. The fraction of sp³-hybridized carbons (Fsp3) is 0. The summed E-state index contributed by atoms with van der Waals surface area (Å²) < 4.78 is 50.2. The Labute approximate surface area is 268 Å². The third-order valence-electron chi connectivity index (χ3n) is 8.75. The average molecular weight is 578 g/mol. The minimum atomic E-state index is -0.424. The second-order valence-corrected chi connectivity index (χ2v) is 11.2. The predicted octanol–water partition coefficient (Wildman–Crippen LogP) is 12.6. The Hall–Kier alpha value is -5.92. The van der Waals surface area contributed by atoms with Gasteiger partial charge in [-0.2, -0.15) is 0 Å². The van der Waals surface area contributed by atoms with E-state index in [0.29, 0.717) is 22.1 Å². The summed E-state index contributed by atoms with van der Waals surface area (Å²) in [5.74, 6) is 0. The van der Waals surface area contributed by atoms with Crippen LogP contribution in [0.2, 0.25) is 0 Å². The summed E-state index contributed by atoms with van der Waals surface area (Å²) in [6.45, 7) is 0. The molecule has 0 aliphatic carbocycles. The standard InChI is InChI=1S/C44H28O/c1-3-14-29(15-4-1)31-18-13-19-32(28-31)41-33-20-7-9-22-35(33)43(36-23-10-8-21-34(36)41)38-26-27-40-44(37-24-11-12-25-39(37)45-40)42(38)30-16-5-2-6-17-30/h1-28H/i2D,5D,6D,16D,17D. The highest BCUT2D eigenvalue weighted by atomic mass is 16.3. The SMILES string of the molecule is [2H]c1c([2H])c([2H])c(-c2c(-c3c4ccccc4c(-c4cccc(-c5ccccc5)c4)c4ccccc34)ccc3oc4ccccc4c23)c([2H])c1[2H]. The quantitative estimate of drug-likeness (QED) is 0.190. The summed E-state index contributed by atoms with van der Waals surface area (Å²) in [5.41, 5.74) is 8.10. The van der Waals surface area contributed by atoms with E-state index in [0.717, 1.165) is 60.3 Å². The molecule has 1 heterocycles. The van der Waals surface area contributed by atoms with Crippen LogP contribution in [0.1, 0.15) is 6.85 Å². The first-order chi connectivity index (χ1) is 24.4. The van der Waals surface area contributed by atoms with Crippen molar-refractivity contribution >= 4 is 43.5 Å². The highest BCUT2D eigenvalue weighted by Crippen LogP contribution is 2.49. The average Bonchev–Trinajstić information content (AvgIpc) is 3.55. The van der Waals surface area contributed by atoms with Crippen LogP contribution in [-0.2, 0) is 0 Å². The van der Waals surface area contributed by atoms with Gasteiger partial charge in [0, 0.05) is 16.3 Å². The molecular weight excluding hydrogens is 544 g/mol. The van der Waals surface area contributed by atoms with Crippen molar-refractivity contribution in [3.63, 3.8) is 0 Å². The van der Waals surface area contributed by atoms with Crippen LogP contribution in [0.15, 0.2) is 174 Å². The van der Waals surface area contributed by atoms with Crippen LogP contribution in [-0.4, -0.2) is 0 Å². The molecule has 9 rings (SSSR count). The highest BCUT2D eigenvalue weighted by molar-refractivity contribution is 6.25. The molecule has 1 aromatic heterocycles. The fourth-order valence-electron chi connectivity index (χ4n) is 6.87. The molecule has 0 N–H and O–H groups in total. The second kappa shape index (κ2) is 10.4. The molecule has 45 heavy (non-hydrogen) atoms. The maximum absolute atomic E-state index is 9.13. The molecule has 0 aliphatic heterocycles. The first-order valence-electron chi connectivity index (χ1n) is 17.5. The topological polar surface area (TPSA) is 13.1 Å². The fourth-order valence-corrected chi connectivity index (χ4v) is 6.87. The lowest BCUT2D eigenvalue weighted by atomic mass is 9.82. The van der Waals surface area contributed by atoms with Crippen molar-refractivity contribution in [3.05, 3.63) is 170 Å². The van der Waals surface area contributed by atoms with Gasteiger partial charge in [-0.05, 0) is 84.8 Å². The van der Waals surface area contributed by atoms with E-state index < -0.39 is 6.04 Å². The Kier molecular flexibility index (Phi) is 4.81. The van der Waals surface area contributed by atoms with Gasteiger partial charge < -0.3 is 4.42 Å². The monoisotopic (exact) mass is 577 g/mol. The maximum Gasteiger partial charge on any atom is 0.136 e. The van der Waals surface area contributed by atoms with Crippen molar-refractivity contribution < 1.29 is 11.3 Å². The van der Waals surface area contributed by atoms with Crippen molar-refractivity contribution in [1.82, 2.24) is 0 Å². The van der Waals surface area contributed by atoms with Gasteiger partial charge in [0.1, 0.15) is 11.2 Å². The highest BCUT2D eigenvalue weighted by Gasteiger charge is 2.22. The number of hydrogen-bond acceptors (Lipinski definition) is 1. The molecule has 8 aromatic carbocycles. The molecule has 0 bridgehead atoms. The number of rotatable bonds is 4. The smallest absolute Gasteiger partial charge is 0.136 e. The molecule has 0 unspecified atom stereocenters. The van der Waals surface area contributed by atoms with Gasteiger partial charge in [0.25, 0.3) is 0 Å². The van der Waals surface area contributed by atoms with Crippen molar-refractivity contribution in [1.29, 1.82) is 0 Å². The summed E-state index contributed by atoms with van der Waals surface area (Å²) in [7, 11) is 0. The molecule has 0 saturated heterocycles. The molecular formula is C44H28O. The number of para-hydroxylation sites is 1. The first kappa shape index (κ1) is 20.9. The van der Waals surface area contributed by atoms with Crippen molar-refractivity contribution in [2.45, 2.75) is 0 Å². The first-order valence-corrected chi connectivity index (χ1v) is 15.0. The van der Waals surface area contributed by atoms with E-state index in [-0.39, 0.29) is 29.7 Å². The van der Waals surface area contributed by atoms with E-state index in [1.54, 1.807) is 0 Å². The molecule has 0 saturated carbocycles. The summed E-state index contributed by atoms with van der Waals surface area (Å²) in [6.07, 6.45) is 0. The molecule has 0 fully saturated rings. The summed E-state index contributed by atoms with van der Waals surface area (Å²) >= 11 is 0. The van der Waals surface area contributed by atoms with Gasteiger partial charge in [0.15, 0.2) is 0 Å². The minimum Gasteiger partial charge on any atom is -0.456 e. The van der Waals surface area contributed by atoms with Crippen LogP contribution in [0.25, 0.3) is 88.0 Å². The zero-order valence-electron chi connectivity index (χ0n) is 29.2. The van der Waals surface area contributed by atoms with Gasteiger partial charge in [-0.3, -0.25) is 0 Å². The molecule has 0 amide bonds. The summed E-state index contributed by atoms with van der Waals surface area (Å²) in [5, 5.41) is 5.61. The van der Waals surface area contributed by atoms with Gasteiger partial charge >= 0.3 is 0 Å². The van der Waals surface area contributed by atoms with Crippen LogP contribution >= 0.6 is 0 Å². The van der Waals surface area contributed by atoms with Crippen molar-refractivity contribution in [2.75, 3.05) is 0 Å². The third-order valence-corrected chi connectivity index (χ3v) is 8.75.